The Bertz CT molecular complexity index is 633. The van der Waals surface area contributed by atoms with Crippen molar-refractivity contribution in [1.29, 1.82) is 0 Å². The van der Waals surface area contributed by atoms with Gasteiger partial charge in [-0.05, 0) is 11.6 Å². The molecule has 0 unspecified atom stereocenters. The van der Waals surface area contributed by atoms with Crippen molar-refractivity contribution >= 4 is 10.9 Å². The van der Waals surface area contributed by atoms with Crippen molar-refractivity contribution in [2.45, 2.75) is 0 Å². The Morgan fingerprint density at radius 3 is 2.47 bits per heavy atom. The second kappa shape index (κ2) is 4.34. The third-order valence-corrected chi connectivity index (χ3v) is 2.60. The van der Waals surface area contributed by atoms with Crippen molar-refractivity contribution in [3.8, 4) is 0 Å². The van der Waals surface area contributed by atoms with E-state index < -0.39 is 0 Å². The maximum absolute atomic E-state index is 4.50. The lowest BCUT2D eigenvalue weighted by Crippen LogP contribution is -1.94. The Kier molecular flexibility index (Phi) is 2.54. The number of nitrogens with zero attached hydrogens (tertiary/aromatic N) is 2. The van der Waals surface area contributed by atoms with E-state index >= 15 is 0 Å². The van der Waals surface area contributed by atoms with Gasteiger partial charge < -0.3 is 0 Å². The van der Waals surface area contributed by atoms with Gasteiger partial charge in [-0.1, -0.05) is 48.5 Å². The Hall–Kier alpha value is -2.22. The van der Waals surface area contributed by atoms with Crippen LogP contribution in [0.2, 0.25) is 0 Å². The fourth-order valence-electron chi connectivity index (χ4n) is 1.75. The fraction of sp³-hybridized carbons (Fsp3) is 0. The minimum atomic E-state index is 0.745. The lowest BCUT2D eigenvalue weighted by molar-refractivity contribution is 1.11. The molecule has 0 amide bonds. The molecule has 0 bridgehead atoms. The molecule has 81 valence electrons. The van der Waals surface area contributed by atoms with E-state index in [2.05, 4.69) is 9.97 Å². The lowest BCUT2D eigenvalue weighted by Gasteiger charge is -2.01. The van der Waals surface area contributed by atoms with Crippen molar-refractivity contribution in [3.05, 3.63) is 78.6 Å². The first-order valence-corrected chi connectivity index (χ1v) is 5.53. The second-order valence-electron chi connectivity index (χ2n) is 3.84. The lowest BCUT2D eigenvalue weighted by atomic mass is 10.1. The molecule has 0 atom stereocenters. The van der Waals surface area contributed by atoms with Crippen LogP contribution in [-0.4, -0.2) is 9.97 Å². The van der Waals surface area contributed by atoms with Crippen molar-refractivity contribution < 1.29 is 0 Å². The van der Waals surface area contributed by atoms with Gasteiger partial charge in [-0.25, -0.2) is 9.97 Å². The Morgan fingerprint density at radius 1 is 0.824 bits per heavy atom. The molecule has 0 saturated carbocycles. The van der Waals surface area contributed by atoms with Gasteiger partial charge in [-0.2, -0.15) is 0 Å². The van der Waals surface area contributed by atoms with Gasteiger partial charge in [-0.3, -0.25) is 0 Å². The van der Waals surface area contributed by atoms with E-state index in [0.717, 1.165) is 22.3 Å². The molecule has 0 aliphatic heterocycles. The third-order valence-electron chi connectivity index (χ3n) is 2.60. The summed E-state index contributed by atoms with van der Waals surface area (Å²) in [4.78, 5) is 8.84. The zero-order valence-electron chi connectivity index (χ0n) is 9.25. The van der Waals surface area contributed by atoms with Gasteiger partial charge in [0.05, 0.1) is 11.9 Å². The number of benzene rings is 2. The minimum absolute atomic E-state index is 0.745. The van der Waals surface area contributed by atoms with Gasteiger partial charge in [-0.15, -0.1) is 0 Å². The summed E-state index contributed by atoms with van der Waals surface area (Å²) in [6.07, 6.45) is 3.84. The van der Waals surface area contributed by atoms with Gasteiger partial charge in [0.15, 0.2) is 0 Å². The minimum Gasteiger partial charge on any atom is -0.240 e. The van der Waals surface area contributed by atoms with Crippen LogP contribution in [0.25, 0.3) is 10.9 Å². The molecule has 2 heteroatoms. The zero-order chi connectivity index (χ0) is 11.5. The number of hydrogen-bond donors (Lipinski definition) is 0. The maximum atomic E-state index is 4.50. The first-order valence-electron chi connectivity index (χ1n) is 5.53. The van der Waals surface area contributed by atoms with Gasteiger partial charge >= 0.3 is 0 Å². The Morgan fingerprint density at radius 2 is 1.59 bits per heavy atom. The summed E-state index contributed by atoms with van der Waals surface area (Å²) in [7, 11) is 0. The highest BCUT2D eigenvalue weighted by Gasteiger charge is 2.01. The van der Waals surface area contributed by atoms with Gasteiger partial charge in [0.1, 0.15) is 5.82 Å². The molecule has 3 aromatic rings. The number of para-hydroxylation sites is 1. The summed E-state index contributed by atoms with van der Waals surface area (Å²) in [5.74, 6) is 0.745. The molecular weight excluding hydrogens is 208 g/mol. The van der Waals surface area contributed by atoms with Gasteiger partial charge in [0.25, 0.3) is 0 Å². The predicted molar refractivity (Wildman–Crippen MR) is 68.5 cm³/mol. The average molecular weight is 219 g/mol. The SMILES string of the molecule is [CH](c1ccccc1)c1ncc2ccccc2n1. The smallest absolute Gasteiger partial charge is 0.137 e. The van der Waals surface area contributed by atoms with Crippen LogP contribution in [0.15, 0.2) is 60.8 Å². The number of aromatic nitrogens is 2. The molecule has 17 heavy (non-hydrogen) atoms. The molecule has 1 aromatic heterocycles. The van der Waals surface area contributed by atoms with E-state index in [1.807, 2.05) is 67.2 Å². The van der Waals surface area contributed by atoms with E-state index in [0.29, 0.717) is 0 Å². The number of fused-ring (bicyclic) bond motifs is 1. The summed E-state index contributed by atoms with van der Waals surface area (Å²) in [6.45, 7) is 0. The molecule has 2 aromatic carbocycles. The van der Waals surface area contributed by atoms with Crippen LogP contribution in [0, 0.1) is 6.42 Å². The summed E-state index contributed by atoms with van der Waals surface area (Å²) < 4.78 is 0. The first-order chi connectivity index (χ1) is 8.42. The fourth-order valence-corrected chi connectivity index (χ4v) is 1.75. The average Bonchev–Trinajstić information content (AvgIpc) is 2.40. The number of hydrogen-bond acceptors (Lipinski definition) is 2. The second-order valence-corrected chi connectivity index (χ2v) is 3.84. The van der Waals surface area contributed by atoms with Crippen LogP contribution in [-0.2, 0) is 0 Å². The molecule has 3 rings (SSSR count). The first kappa shape index (κ1) is 9.97. The highest BCUT2D eigenvalue weighted by molar-refractivity contribution is 5.77. The molecule has 0 aliphatic rings. The van der Waals surface area contributed by atoms with E-state index in [-0.39, 0.29) is 0 Å². The highest BCUT2D eigenvalue weighted by Crippen LogP contribution is 2.13. The van der Waals surface area contributed by atoms with Crippen molar-refractivity contribution in [2.75, 3.05) is 0 Å². The van der Waals surface area contributed by atoms with Crippen LogP contribution in [0.1, 0.15) is 11.4 Å². The van der Waals surface area contributed by atoms with Gasteiger partial charge in [0.2, 0.25) is 0 Å². The molecule has 0 aliphatic carbocycles. The van der Waals surface area contributed by atoms with Crippen molar-refractivity contribution in [1.82, 2.24) is 9.97 Å². The molecule has 0 fully saturated rings. The van der Waals surface area contributed by atoms with Crippen LogP contribution in [0.3, 0.4) is 0 Å². The monoisotopic (exact) mass is 219 g/mol. The van der Waals surface area contributed by atoms with E-state index in [1.165, 1.54) is 0 Å². The zero-order valence-corrected chi connectivity index (χ0v) is 9.25. The standard InChI is InChI=1S/C15H11N2/c1-2-6-12(7-3-1)10-15-16-11-13-8-4-5-9-14(13)17-15/h1-11H. The predicted octanol–water partition coefficient (Wildman–Crippen LogP) is 3.23. The maximum Gasteiger partial charge on any atom is 0.137 e. The molecule has 0 saturated heterocycles. The quantitative estimate of drug-likeness (QED) is 0.661. The van der Waals surface area contributed by atoms with Crippen LogP contribution >= 0.6 is 0 Å². The van der Waals surface area contributed by atoms with Crippen LogP contribution < -0.4 is 0 Å². The van der Waals surface area contributed by atoms with Crippen molar-refractivity contribution in [3.63, 3.8) is 0 Å². The highest BCUT2D eigenvalue weighted by atomic mass is 14.9. The molecule has 2 nitrogen and oxygen atoms in total. The Balaban J connectivity index is 1.96. The largest absolute Gasteiger partial charge is 0.240 e. The van der Waals surface area contributed by atoms with E-state index in [9.17, 15) is 0 Å². The normalized spacial score (nSPS) is 10.6. The number of rotatable bonds is 2. The molecule has 1 radical (unpaired) electrons. The summed E-state index contributed by atoms with van der Waals surface area (Å²) in [5.41, 5.74) is 2.09. The summed E-state index contributed by atoms with van der Waals surface area (Å²) >= 11 is 0. The molecule has 0 spiro atoms. The van der Waals surface area contributed by atoms with E-state index in [4.69, 9.17) is 0 Å². The van der Waals surface area contributed by atoms with Crippen LogP contribution in [0.4, 0.5) is 0 Å². The third kappa shape index (κ3) is 2.16. The van der Waals surface area contributed by atoms with Crippen molar-refractivity contribution in [2.24, 2.45) is 0 Å². The van der Waals surface area contributed by atoms with Crippen LogP contribution in [0.5, 0.6) is 0 Å². The molecule has 0 N–H and O–H groups in total. The summed E-state index contributed by atoms with van der Waals surface area (Å²) in [6, 6.07) is 18.1. The molecular formula is C15H11N2. The van der Waals surface area contributed by atoms with Gasteiger partial charge in [0, 0.05) is 11.6 Å². The topological polar surface area (TPSA) is 25.8 Å². The molecule has 1 heterocycles. The summed E-state index contributed by atoms with van der Waals surface area (Å²) in [5, 5.41) is 1.07. The van der Waals surface area contributed by atoms with E-state index in [1.54, 1.807) is 0 Å². The Labute approximate surface area is 100.0 Å².